The number of hydrogen-bond donors (Lipinski definition) is 1. The van der Waals surface area contributed by atoms with Gasteiger partial charge in [-0.1, -0.05) is 0 Å². The maximum atomic E-state index is 11.5. The van der Waals surface area contributed by atoms with E-state index in [1.807, 2.05) is 11.8 Å². The topological polar surface area (TPSA) is 55.0 Å². The molecule has 0 bridgehead atoms. The fourth-order valence-electron chi connectivity index (χ4n) is 1.48. The molecule has 0 radical (unpaired) electrons. The third kappa shape index (κ3) is 1.64. The summed E-state index contributed by atoms with van der Waals surface area (Å²) in [6.07, 6.45) is 0.965. The number of nitrogens with zero attached hydrogens (tertiary/aromatic N) is 1. The van der Waals surface area contributed by atoms with Crippen LogP contribution in [0.4, 0.5) is 0 Å². The smallest absolute Gasteiger partial charge is 0.359 e. The molecule has 1 aliphatic heterocycles. The fourth-order valence-corrected chi connectivity index (χ4v) is 2.49. The molecular weight excluding hydrogens is 200 g/mol. The van der Waals surface area contributed by atoms with Gasteiger partial charge < -0.3 is 4.74 Å². The summed E-state index contributed by atoms with van der Waals surface area (Å²) < 4.78 is 4.92. The zero-order valence-electron chi connectivity index (χ0n) is 8.00. The highest BCUT2D eigenvalue weighted by molar-refractivity contribution is 7.98. The largest absolute Gasteiger partial charge is 0.461 e. The predicted molar refractivity (Wildman–Crippen MR) is 54.4 cm³/mol. The Bertz CT molecular complexity index is 349. The lowest BCUT2D eigenvalue weighted by Gasteiger charge is -2.10. The summed E-state index contributed by atoms with van der Waals surface area (Å²) in [5, 5.41) is 6.90. The summed E-state index contributed by atoms with van der Waals surface area (Å²) >= 11 is 1.82. The molecule has 0 saturated heterocycles. The maximum absolute atomic E-state index is 11.5. The Morgan fingerprint density at radius 1 is 1.71 bits per heavy atom. The second kappa shape index (κ2) is 4.04. The van der Waals surface area contributed by atoms with Crippen LogP contribution >= 0.6 is 11.8 Å². The predicted octanol–water partition coefficient (Wildman–Crippen LogP) is 1.38. The molecule has 4 nitrogen and oxygen atoms in total. The van der Waals surface area contributed by atoms with Crippen LogP contribution < -0.4 is 0 Å². The lowest BCUT2D eigenvalue weighted by Crippen LogP contribution is -2.09. The first-order valence-corrected chi connectivity index (χ1v) is 5.79. The number of H-pyrrole nitrogens is 1. The van der Waals surface area contributed by atoms with Crippen LogP contribution in [0.15, 0.2) is 0 Å². The minimum Gasteiger partial charge on any atom is -0.461 e. The minimum atomic E-state index is -0.312. The van der Waals surface area contributed by atoms with Gasteiger partial charge in [0.2, 0.25) is 0 Å². The molecular formula is C9H12N2O2S. The Labute approximate surface area is 86.4 Å². The van der Waals surface area contributed by atoms with Crippen molar-refractivity contribution in [3.05, 3.63) is 17.0 Å². The third-order valence-corrected chi connectivity index (χ3v) is 3.15. The zero-order chi connectivity index (χ0) is 9.97. The molecule has 1 aromatic heterocycles. The van der Waals surface area contributed by atoms with Crippen molar-refractivity contribution in [1.29, 1.82) is 0 Å². The van der Waals surface area contributed by atoms with E-state index < -0.39 is 0 Å². The molecule has 0 spiro atoms. The number of carbonyl (C=O) groups is 1. The average molecular weight is 212 g/mol. The van der Waals surface area contributed by atoms with Gasteiger partial charge >= 0.3 is 5.97 Å². The highest BCUT2D eigenvalue weighted by Crippen LogP contribution is 2.25. The Hall–Kier alpha value is -0.970. The number of aryl methyl sites for hydroxylation is 1. The van der Waals surface area contributed by atoms with Gasteiger partial charge in [0.25, 0.3) is 0 Å². The van der Waals surface area contributed by atoms with Crippen LogP contribution in [0, 0.1) is 0 Å². The number of rotatable bonds is 2. The molecule has 0 fully saturated rings. The van der Waals surface area contributed by atoms with Crippen molar-refractivity contribution in [2.24, 2.45) is 0 Å². The molecule has 0 unspecified atom stereocenters. The second-order valence-electron chi connectivity index (χ2n) is 3.05. The summed E-state index contributed by atoms with van der Waals surface area (Å²) in [4.78, 5) is 11.5. The molecule has 1 aromatic rings. The zero-order valence-corrected chi connectivity index (χ0v) is 8.82. The summed E-state index contributed by atoms with van der Waals surface area (Å²) in [5.41, 5.74) is 2.58. The van der Waals surface area contributed by atoms with Crippen LogP contribution in [0.2, 0.25) is 0 Å². The summed E-state index contributed by atoms with van der Waals surface area (Å²) in [6.45, 7) is 2.19. The van der Waals surface area contributed by atoms with Crippen LogP contribution in [0.5, 0.6) is 0 Å². The highest BCUT2D eigenvalue weighted by Gasteiger charge is 2.22. The summed E-state index contributed by atoms with van der Waals surface area (Å²) in [7, 11) is 0. The first kappa shape index (κ1) is 9.58. The molecule has 0 aromatic carbocycles. The average Bonchev–Trinajstić information content (AvgIpc) is 2.61. The van der Waals surface area contributed by atoms with Gasteiger partial charge in [-0.05, 0) is 19.1 Å². The SMILES string of the molecule is CCOC(=O)c1n[nH]c2c1CSCC2. The minimum absolute atomic E-state index is 0.312. The molecule has 0 atom stereocenters. The van der Waals surface area contributed by atoms with Gasteiger partial charge in [0.1, 0.15) is 0 Å². The normalized spacial score (nSPS) is 14.9. The first-order valence-electron chi connectivity index (χ1n) is 4.64. The summed E-state index contributed by atoms with van der Waals surface area (Å²) in [6, 6.07) is 0. The van der Waals surface area contributed by atoms with E-state index in [4.69, 9.17) is 4.74 Å². The van der Waals surface area contributed by atoms with Gasteiger partial charge in [-0.2, -0.15) is 16.9 Å². The number of aromatic nitrogens is 2. The molecule has 0 aliphatic carbocycles. The Morgan fingerprint density at radius 3 is 3.36 bits per heavy atom. The van der Waals surface area contributed by atoms with Crippen LogP contribution in [-0.4, -0.2) is 28.5 Å². The van der Waals surface area contributed by atoms with Gasteiger partial charge in [-0.25, -0.2) is 4.79 Å². The van der Waals surface area contributed by atoms with Gasteiger partial charge in [-0.15, -0.1) is 0 Å². The van der Waals surface area contributed by atoms with Gasteiger partial charge in [-0.3, -0.25) is 5.10 Å². The Balaban J connectivity index is 2.25. The van der Waals surface area contributed by atoms with Crippen molar-refractivity contribution in [2.45, 2.75) is 19.1 Å². The van der Waals surface area contributed by atoms with Crippen molar-refractivity contribution in [3.63, 3.8) is 0 Å². The molecule has 76 valence electrons. The number of ether oxygens (including phenoxy) is 1. The molecule has 1 aliphatic rings. The maximum Gasteiger partial charge on any atom is 0.359 e. The molecule has 2 heterocycles. The van der Waals surface area contributed by atoms with Crippen molar-refractivity contribution in [1.82, 2.24) is 10.2 Å². The van der Waals surface area contributed by atoms with Gasteiger partial charge in [0.05, 0.1) is 6.61 Å². The van der Waals surface area contributed by atoms with E-state index in [-0.39, 0.29) is 5.97 Å². The van der Waals surface area contributed by atoms with Crippen LogP contribution in [0.1, 0.15) is 28.7 Å². The van der Waals surface area contributed by atoms with E-state index in [0.29, 0.717) is 12.3 Å². The van der Waals surface area contributed by atoms with E-state index in [0.717, 1.165) is 29.2 Å². The number of hydrogen-bond acceptors (Lipinski definition) is 4. The molecule has 0 amide bonds. The molecule has 1 N–H and O–H groups in total. The van der Waals surface area contributed by atoms with E-state index in [1.54, 1.807) is 6.92 Å². The fraction of sp³-hybridized carbons (Fsp3) is 0.556. The van der Waals surface area contributed by atoms with Crippen LogP contribution in [0.3, 0.4) is 0 Å². The lowest BCUT2D eigenvalue weighted by molar-refractivity contribution is 0.0518. The molecule has 0 saturated carbocycles. The number of fused-ring (bicyclic) bond motifs is 1. The standard InChI is InChI=1S/C9H12N2O2S/c1-2-13-9(12)8-6-5-14-4-3-7(6)10-11-8/h2-5H2,1H3,(H,10,11). The Kier molecular flexibility index (Phi) is 2.77. The summed E-state index contributed by atoms with van der Waals surface area (Å²) in [5.74, 6) is 1.64. The van der Waals surface area contributed by atoms with Crippen LogP contribution in [-0.2, 0) is 16.9 Å². The number of thioether (sulfide) groups is 1. The number of carbonyl (C=O) groups excluding carboxylic acids is 1. The number of nitrogens with one attached hydrogen (secondary N) is 1. The van der Waals surface area contributed by atoms with Crippen molar-refractivity contribution < 1.29 is 9.53 Å². The van der Waals surface area contributed by atoms with E-state index in [9.17, 15) is 4.79 Å². The Morgan fingerprint density at radius 2 is 2.57 bits per heavy atom. The highest BCUT2D eigenvalue weighted by atomic mass is 32.2. The number of aromatic amines is 1. The van der Waals surface area contributed by atoms with E-state index in [2.05, 4.69) is 10.2 Å². The molecule has 2 rings (SSSR count). The lowest BCUT2D eigenvalue weighted by atomic mass is 10.1. The monoisotopic (exact) mass is 212 g/mol. The van der Waals surface area contributed by atoms with Gasteiger partial charge in [0, 0.05) is 17.0 Å². The van der Waals surface area contributed by atoms with Gasteiger partial charge in [0.15, 0.2) is 5.69 Å². The van der Waals surface area contributed by atoms with Crippen LogP contribution in [0.25, 0.3) is 0 Å². The van der Waals surface area contributed by atoms with E-state index >= 15 is 0 Å². The van der Waals surface area contributed by atoms with E-state index in [1.165, 1.54) is 0 Å². The molecule has 14 heavy (non-hydrogen) atoms. The molecule has 5 heteroatoms. The second-order valence-corrected chi connectivity index (χ2v) is 4.16. The first-order chi connectivity index (χ1) is 6.83. The van der Waals surface area contributed by atoms with Crippen molar-refractivity contribution in [2.75, 3.05) is 12.4 Å². The third-order valence-electron chi connectivity index (χ3n) is 2.16. The quantitative estimate of drug-likeness (QED) is 0.752. The van der Waals surface area contributed by atoms with Crippen molar-refractivity contribution in [3.8, 4) is 0 Å². The number of esters is 1. The van der Waals surface area contributed by atoms with Crippen molar-refractivity contribution >= 4 is 17.7 Å².